The highest BCUT2D eigenvalue weighted by atomic mass is 79.9. The lowest BCUT2D eigenvalue weighted by atomic mass is 10.1. The van der Waals surface area contributed by atoms with Crippen molar-refractivity contribution in [2.45, 2.75) is 13.2 Å². The molecule has 1 saturated heterocycles. The number of hydrogen-bond acceptors (Lipinski definition) is 5. The highest BCUT2D eigenvalue weighted by molar-refractivity contribution is 9.10. The summed E-state index contributed by atoms with van der Waals surface area (Å²) in [7, 11) is 0. The fourth-order valence-corrected chi connectivity index (χ4v) is 4.33. The van der Waals surface area contributed by atoms with E-state index in [2.05, 4.69) is 21.2 Å². The van der Waals surface area contributed by atoms with Crippen molar-refractivity contribution in [1.82, 2.24) is 5.32 Å². The van der Waals surface area contributed by atoms with Gasteiger partial charge in [0, 0.05) is 10.0 Å². The first-order valence-electron chi connectivity index (χ1n) is 12.1. The monoisotopic (exact) mass is 582 g/mol. The molecule has 8 heteroatoms. The molecule has 0 atom stereocenters. The minimum Gasteiger partial charge on any atom is -0.489 e. The Morgan fingerprint density at radius 3 is 2.03 bits per heavy atom. The van der Waals surface area contributed by atoms with Gasteiger partial charge in [-0.15, -0.1) is 0 Å². The Bertz CT molecular complexity index is 1530. The van der Waals surface area contributed by atoms with Gasteiger partial charge in [0.1, 0.15) is 30.3 Å². The third-order valence-corrected chi connectivity index (χ3v) is 6.76. The van der Waals surface area contributed by atoms with Crippen molar-refractivity contribution in [3.8, 4) is 11.5 Å². The van der Waals surface area contributed by atoms with Crippen LogP contribution in [0.5, 0.6) is 11.5 Å². The molecule has 0 bridgehead atoms. The third kappa shape index (κ3) is 6.25. The molecule has 0 radical (unpaired) electrons. The molecule has 0 saturated carbocycles. The molecule has 5 rings (SSSR count). The molecule has 39 heavy (non-hydrogen) atoms. The predicted octanol–water partition coefficient (Wildman–Crippen LogP) is 6.27. The van der Waals surface area contributed by atoms with Crippen LogP contribution < -0.4 is 19.7 Å². The number of urea groups is 1. The van der Waals surface area contributed by atoms with Crippen LogP contribution in [0.1, 0.15) is 16.7 Å². The van der Waals surface area contributed by atoms with Gasteiger partial charge < -0.3 is 9.47 Å². The first kappa shape index (κ1) is 25.9. The second kappa shape index (κ2) is 11.8. The fraction of sp³-hybridized carbons (Fsp3) is 0.0645. The zero-order valence-corrected chi connectivity index (χ0v) is 22.3. The number of ether oxygens (including phenoxy) is 2. The molecule has 1 fully saturated rings. The van der Waals surface area contributed by atoms with E-state index in [-0.39, 0.29) is 5.57 Å². The molecule has 0 unspecified atom stereocenters. The molecule has 7 nitrogen and oxygen atoms in total. The Morgan fingerprint density at radius 1 is 0.718 bits per heavy atom. The highest BCUT2D eigenvalue weighted by Gasteiger charge is 2.36. The minimum absolute atomic E-state index is 0.152. The van der Waals surface area contributed by atoms with E-state index in [0.29, 0.717) is 36.0 Å². The molecule has 1 aliphatic rings. The summed E-state index contributed by atoms with van der Waals surface area (Å²) in [5, 5.41) is 2.24. The van der Waals surface area contributed by atoms with E-state index in [1.807, 2.05) is 54.6 Å². The Balaban J connectivity index is 1.27. The summed E-state index contributed by atoms with van der Waals surface area (Å²) in [5.41, 5.74) is 2.80. The van der Waals surface area contributed by atoms with E-state index in [0.717, 1.165) is 20.5 Å². The van der Waals surface area contributed by atoms with Crippen LogP contribution in [0.15, 0.2) is 113 Å². The molecular formula is C31H23BrN2O5. The summed E-state index contributed by atoms with van der Waals surface area (Å²) in [5.74, 6) is -0.241. The van der Waals surface area contributed by atoms with Crippen molar-refractivity contribution in [2.24, 2.45) is 0 Å². The van der Waals surface area contributed by atoms with Crippen molar-refractivity contribution in [3.05, 3.63) is 130 Å². The average molecular weight is 583 g/mol. The molecule has 0 aliphatic carbocycles. The molecule has 4 aromatic rings. The van der Waals surface area contributed by atoms with Crippen LogP contribution in [0.4, 0.5) is 10.5 Å². The lowest BCUT2D eigenvalue weighted by molar-refractivity contribution is -0.122. The van der Waals surface area contributed by atoms with Crippen LogP contribution in [0.3, 0.4) is 0 Å². The minimum atomic E-state index is -0.809. The van der Waals surface area contributed by atoms with Crippen LogP contribution >= 0.6 is 15.9 Å². The zero-order chi connectivity index (χ0) is 27.2. The van der Waals surface area contributed by atoms with Gasteiger partial charge in [0.2, 0.25) is 0 Å². The molecule has 1 aliphatic heterocycles. The predicted molar refractivity (Wildman–Crippen MR) is 151 cm³/mol. The normalized spacial score (nSPS) is 14.3. The van der Waals surface area contributed by atoms with Gasteiger partial charge in [-0.05, 0) is 59.7 Å². The van der Waals surface area contributed by atoms with Gasteiger partial charge in [0.05, 0.1) is 5.69 Å². The number of benzene rings is 4. The van der Waals surface area contributed by atoms with E-state index >= 15 is 0 Å². The number of hydrogen-bond donors (Lipinski definition) is 1. The summed E-state index contributed by atoms with van der Waals surface area (Å²) in [6.07, 6.45) is 1.45. The Kier molecular flexibility index (Phi) is 7.84. The summed E-state index contributed by atoms with van der Waals surface area (Å²) < 4.78 is 12.6. The first-order valence-corrected chi connectivity index (χ1v) is 12.9. The standard InChI is InChI=1S/C31H23BrN2O5/c32-28-9-5-4-8-23(28)20-39-25-14-10-21(11-15-25)18-27-29(35)33-31(37)34(30(27)36)24-12-16-26(17-13-24)38-19-22-6-2-1-3-7-22/h1-18H,19-20H2,(H,33,35,37)/b27-18+. The number of imide groups is 2. The van der Waals surface area contributed by atoms with Gasteiger partial charge in [0.25, 0.3) is 11.8 Å². The number of halogens is 1. The van der Waals surface area contributed by atoms with Crippen LogP contribution in [-0.2, 0) is 22.8 Å². The maximum Gasteiger partial charge on any atom is 0.335 e. The van der Waals surface area contributed by atoms with Crippen molar-refractivity contribution in [3.63, 3.8) is 0 Å². The van der Waals surface area contributed by atoms with Crippen molar-refractivity contribution in [2.75, 3.05) is 4.90 Å². The van der Waals surface area contributed by atoms with Crippen LogP contribution in [0.25, 0.3) is 6.08 Å². The third-order valence-electron chi connectivity index (χ3n) is 5.99. The molecule has 194 valence electrons. The summed E-state index contributed by atoms with van der Waals surface area (Å²) >= 11 is 3.50. The maximum absolute atomic E-state index is 13.2. The molecule has 0 spiro atoms. The van der Waals surface area contributed by atoms with Crippen LogP contribution in [0.2, 0.25) is 0 Å². The molecule has 1 heterocycles. The van der Waals surface area contributed by atoms with Gasteiger partial charge in [-0.3, -0.25) is 14.9 Å². The maximum atomic E-state index is 13.2. The Hall–Kier alpha value is -4.69. The second-order valence-electron chi connectivity index (χ2n) is 8.68. The van der Waals surface area contributed by atoms with E-state index in [1.165, 1.54) is 6.08 Å². The highest BCUT2D eigenvalue weighted by Crippen LogP contribution is 2.26. The number of amides is 4. The number of barbiturate groups is 1. The van der Waals surface area contributed by atoms with Gasteiger partial charge in [-0.25, -0.2) is 9.69 Å². The van der Waals surface area contributed by atoms with Crippen molar-refractivity contribution >= 4 is 45.5 Å². The van der Waals surface area contributed by atoms with Crippen molar-refractivity contribution in [1.29, 1.82) is 0 Å². The summed E-state index contributed by atoms with van der Waals surface area (Å²) in [4.78, 5) is 39.2. The molecular weight excluding hydrogens is 560 g/mol. The summed E-state index contributed by atoms with van der Waals surface area (Å²) in [6, 6.07) is 30.2. The quantitative estimate of drug-likeness (QED) is 0.195. The van der Waals surface area contributed by atoms with E-state index in [4.69, 9.17) is 9.47 Å². The van der Waals surface area contributed by atoms with Gasteiger partial charge in [-0.1, -0.05) is 76.6 Å². The summed E-state index contributed by atoms with van der Waals surface area (Å²) in [6.45, 7) is 0.772. The fourth-order valence-electron chi connectivity index (χ4n) is 3.93. The first-order chi connectivity index (χ1) is 19.0. The van der Waals surface area contributed by atoms with Gasteiger partial charge in [-0.2, -0.15) is 0 Å². The van der Waals surface area contributed by atoms with Gasteiger partial charge in [0.15, 0.2) is 0 Å². The molecule has 1 N–H and O–H groups in total. The van der Waals surface area contributed by atoms with Gasteiger partial charge >= 0.3 is 6.03 Å². The Morgan fingerprint density at radius 2 is 1.33 bits per heavy atom. The van der Waals surface area contributed by atoms with E-state index in [1.54, 1.807) is 48.5 Å². The molecule has 4 amide bonds. The second-order valence-corrected chi connectivity index (χ2v) is 9.53. The topological polar surface area (TPSA) is 84.9 Å². The van der Waals surface area contributed by atoms with E-state index in [9.17, 15) is 14.4 Å². The smallest absolute Gasteiger partial charge is 0.335 e. The number of nitrogens with one attached hydrogen (secondary N) is 1. The Labute approximate surface area is 233 Å². The average Bonchev–Trinajstić information content (AvgIpc) is 2.95. The number of carbonyl (C=O) groups is 3. The number of carbonyl (C=O) groups excluding carboxylic acids is 3. The number of rotatable bonds is 8. The van der Waals surface area contributed by atoms with Crippen LogP contribution in [0, 0.1) is 0 Å². The number of anilines is 1. The van der Waals surface area contributed by atoms with Crippen LogP contribution in [-0.4, -0.2) is 17.8 Å². The lowest BCUT2D eigenvalue weighted by Crippen LogP contribution is -2.54. The largest absolute Gasteiger partial charge is 0.489 e. The molecule has 0 aromatic heterocycles. The van der Waals surface area contributed by atoms with E-state index < -0.39 is 17.8 Å². The lowest BCUT2D eigenvalue weighted by Gasteiger charge is -2.26. The molecule has 4 aromatic carbocycles. The van der Waals surface area contributed by atoms with Crippen molar-refractivity contribution < 1.29 is 23.9 Å². The SMILES string of the molecule is O=C1NC(=O)N(c2ccc(OCc3ccccc3)cc2)C(=O)/C1=C/c1ccc(OCc2ccccc2Br)cc1. The number of nitrogens with zero attached hydrogens (tertiary/aromatic N) is 1. The zero-order valence-electron chi connectivity index (χ0n) is 20.7.